The van der Waals surface area contributed by atoms with Crippen LogP contribution < -0.4 is 5.73 Å². The van der Waals surface area contributed by atoms with Crippen molar-refractivity contribution >= 4 is 12.0 Å². The fourth-order valence-corrected chi connectivity index (χ4v) is 0.343. The van der Waals surface area contributed by atoms with Crippen LogP contribution in [0.4, 0.5) is 0 Å². The molecule has 0 aliphatic heterocycles. The Morgan fingerprint density at radius 2 is 2.44 bits per heavy atom. The monoisotopic (exact) mass is 126 g/mol. The van der Waals surface area contributed by atoms with Crippen molar-refractivity contribution in [2.75, 3.05) is 6.54 Å². The number of aliphatic imine (C=N–C) groups is 1. The molecule has 0 fully saturated rings. The lowest BCUT2D eigenvalue weighted by molar-refractivity contribution is -0.112. The standard InChI is InChI=1S/C6H10N2O/c1-2-8-5-6(9)3-4-7/h2,5H,1,3-4,7H2. The molecule has 0 aromatic carbocycles. The summed E-state index contributed by atoms with van der Waals surface area (Å²) in [5.41, 5.74) is 5.09. The van der Waals surface area contributed by atoms with Crippen molar-refractivity contribution in [3.8, 4) is 0 Å². The first-order chi connectivity index (χ1) is 4.31. The second-order valence-corrected chi connectivity index (χ2v) is 1.47. The summed E-state index contributed by atoms with van der Waals surface area (Å²) in [6.07, 6.45) is 2.89. The number of ketones is 1. The van der Waals surface area contributed by atoms with Gasteiger partial charge in [0.05, 0.1) is 6.21 Å². The van der Waals surface area contributed by atoms with E-state index in [-0.39, 0.29) is 5.78 Å². The molecule has 0 aliphatic carbocycles. The molecule has 0 saturated carbocycles. The maximum Gasteiger partial charge on any atom is 0.175 e. The lowest BCUT2D eigenvalue weighted by atomic mass is 10.3. The summed E-state index contributed by atoms with van der Waals surface area (Å²) in [5.74, 6) is -0.0580. The minimum absolute atomic E-state index is 0.0580. The second-order valence-electron chi connectivity index (χ2n) is 1.47. The van der Waals surface area contributed by atoms with Crippen molar-refractivity contribution < 1.29 is 4.79 Å². The predicted octanol–water partition coefficient (Wildman–Crippen LogP) is 0.119. The van der Waals surface area contributed by atoms with Gasteiger partial charge in [0.25, 0.3) is 0 Å². The minimum Gasteiger partial charge on any atom is -0.330 e. The lowest BCUT2D eigenvalue weighted by Crippen LogP contribution is -2.07. The number of nitrogens with two attached hydrogens (primary N) is 1. The van der Waals surface area contributed by atoms with Gasteiger partial charge in [-0.05, 0) is 6.54 Å². The topological polar surface area (TPSA) is 55.5 Å². The van der Waals surface area contributed by atoms with Gasteiger partial charge in [-0.15, -0.1) is 0 Å². The molecule has 0 aromatic rings. The van der Waals surface area contributed by atoms with Crippen molar-refractivity contribution in [3.05, 3.63) is 12.8 Å². The quantitative estimate of drug-likeness (QED) is 0.544. The predicted molar refractivity (Wildman–Crippen MR) is 37.4 cm³/mol. The zero-order chi connectivity index (χ0) is 7.11. The van der Waals surface area contributed by atoms with Gasteiger partial charge in [0.2, 0.25) is 0 Å². The molecule has 3 heteroatoms. The summed E-state index contributed by atoms with van der Waals surface area (Å²) in [7, 11) is 0. The number of hydrogen-bond acceptors (Lipinski definition) is 3. The summed E-state index contributed by atoms with van der Waals surface area (Å²) in [6.45, 7) is 3.69. The normalized spacial score (nSPS) is 9.89. The minimum atomic E-state index is -0.0580. The van der Waals surface area contributed by atoms with E-state index in [0.29, 0.717) is 13.0 Å². The Hall–Kier alpha value is -0.960. The maximum atomic E-state index is 10.5. The van der Waals surface area contributed by atoms with Crippen LogP contribution in [0.2, 0.25) is 0 Å². The highest BCUT2D eigenvalue weighted by Crippen LogP contribution is 1.75. The Morgan fingerprint density at radius 3 is 2.89 bits per heavy atom. The number of hydrogen-bond donors (Lipinski definition) is 1. The molecule has 3 nitrogen and oxygen atoms in total. The van der Waals surface area contributed by atoms with Crippen LogP contribution in [0, 0.1) is 0 Å². The Balaban J connectivity index is 3.49. The lowest BCUT2D eigenvalue weighted by Gasteiger charge is -1.84. The van der Waals surface area contributed by atoms with Crippen LogP contribution in [-0.2, 0) is 4.79 Å². The van der Waals surface area contributed by atoms with Crippen LogP contribution in [0.3, 0.4) is 0 Å². The van der Waals surface area contributed by atoms with Gasteiger partial charge < -0.3 is 5.73 Å². The molecule has 0 bridgehead atoms. The van der Waals surface area contributed by atoms with Crippen LogP contribution in [0.5, 0.6) is 0 Å². The number of carbonyl (C=O) groups is 1. The fraction of sp³-hybridized carbons (Fsp3) is 0.333. The van der Waals surface area contributed by atoms with Gasteiger partial charge in [-0.1, -0.05) is 6.58 Å². The Labute approximate surface area is 54.3 Å². The number of nitrogens with zero attached hydrogens (tertiary/aromatic N) is 1. The zero-order valence-electron chi connectivity index (χ0n) is 5.21. The molecule has 0 aliphatic rings. The second kappa shape index (κ2) is 5.18. The number of rotatable bonds is 4. The number of carbonyl (C=O) groups excluding carboxylic acids is 1. The Morgan fingerprint density at radius 1 is 1.78 bits per heavy atom. The summed E-state index contributed by atoms with van der Waals surface area (Å²) in [5, 5.41) is 0. The average molecular weight is 126 g/mol. The highest BCUT2D eigenvalue weighted by molar-refractivity contribution is 6.27. The summed E-state index contributed by atoms with van der Waals surface area (Å²) in [4.78, 5) is 14.0. The van der Waals surface area contributed by atoms with Crippen LogP contribution >= 0.6 is 0 Å². The van der Waals surface area contributed by atoms with Gasteiger partial charge in [-0.3, -0.25) is 9.79 Å². The highest BCUT2D eigenvalue weighted by Gasteiger charge is 1.91. The molecule has 0 atom stereocenters. The van der Waals surface area contributed by atoms with Gasteiger partial charge in [0.1, 0.15) is 0 Å². The molecule has 0 saturated heterocycles. The third kappa shape index (κ3) is 4.90. The molecule has 0 rings (SSSR count). The SMILES string of the molecule is C=CN=CC(=O)CCN. The van der Waals surface area contributed by atoms with Crippen LogP contribution in [0.1, 0.15) is 6.42 Å². The molecular weight excluding hydrogens is 116 g/mol. The third-order valence-electron chi connectivity index (χ3n) is 0.715. The van der Waals surface area contributed by atoms with E-state index in [2.05, 4.69) is 11.6 Å². The van der Waals surface area contributed by atoms with E-state index in [0.717, 1.165) is 0 Å². The van der Waals surface area contributed by atoms with Gasteiger partial charge >= 0.3 is 0 Å². The van der Waals surface area contributed by atoms with Gasteiger partial charge in [0.15, 0.2) is 5.78 Å². The summed E-state index contributed by atoms with van der Waals surface area (Å²) < 4.78 is 0. The van der Waals surface area contributed by atoms with Crippen LogP contribution in [0.25, 0.3) is 0 Å². The maximum absolute atomic E-state index is 10.5. The molecule has 0 radical (unpaired) electrons. The van der Waals surface area contributed by atoms with Gasteiger partial charge in [0, 0.05) is 12.6 Å². The molecule has 9 heavy (non-hydrogen) atoms. The average Bonchev–Trinajstić information content (AvgIpc) is 1.85. The molecule has 0 aromatic heterocycles. The van der Waals surface area contributed by atoms with Crippen LogP contribution in [-0.4, -0.2) is 18.5 Å². The van der Waals surface area contributed by atoms with Crippen molar-refractivity contribution in [1.82, 2.24) is 0 Å². The van der Waals surface area contributed by atoms with E-state index in [1.807, 2.05) is 0 Å². The molecule has 0 spiro atoms. The van der Waals surface area contributed by atoms with Crippen molar-refractivity contribution in [1.29, 1.82) is 0 Å². The van der Waals surface area contributed by atoms with Gasteiger partial charge in [-0.25, -0.2) is 0 Å². The first-order valence-corrected chi connectivity index (χ1v) is 2.68. The molecule has 0 amide bonds. The van der Waals surface area contributed by atoms with E-state index < -0.39 is 0 Å². The van der Waals surface area contributed by atoms with Crippen molar-refractivity contribution in [2.45, 2.75) is 6.42 Å². The highest BCUT2D eigenvalue weighted by atomic mass is 16.1. The third-order valence-corrected chi connectivity index (χ3v) is 0.715. The molecule has 0 heterocycles. The van der Waals surface area contributed by atoms with E-state index in [1.54, 1.807) is 0 Å². The van der Waals surface area contributed by atoms with E-state index in [1.165, 1.54) is 12.4 Å². The Bertz CT molecular complexity index is 129. The van der Waals surface area contributed by atoms with E-state index >= 15 is 0 Å². The van der Waals surface area contributed by atoms with Gasteiger partial charge in [-0.2, -0.15) is 0 Å². The zero-order valence-corrected chi connectivity index (χ0v) is 5.21. The molecular formula is C6H10N2O. The van der Waals surface area contributed by atoms with E-state index in [4.69, 9.17) is 5.73 Å². The molecule has 2 N–H and O–H groups in total. The largest absolute Gasteiger partial charge is 0.330 e. The Kier molecular flexibility index (Phi) is 4.63. The summed E-state index contributed by atoms with van der Waals surface area (Å²) in [6, 6.07) is 0. The first kappa shape index (κ1) is 8.04. The smallest absolute Gasteiger partial charge is 0.175 e. The van der Waals surface area contributed by atoms with Crippen molar-refractivity contribution in [3.63, 3.8) is 0 Å². The molecule has 50 valence electrons. The summed E-state index contributed by atoms with van der Waals surface area (Å²) >= 11 is 0. The number of Topliss-reactive ketones (excluding diaryl/α,β-unsaturated/α-hetero) is 1. The fourth-order valence-electron chi connectivity index (χ4n) is 0.343. The first-order valence-electron chi connectivity index (χ1n) is 2.68. The van der Waals surface area contributed by atoms with Crippen molar-refractivity contribution in [2.24, 2.45) is 10.7 Å². The molecule has 0 unspecified atom stereocenters. The van der Waals surface area contributed by atoms with E-state index in [9.17, 15) is 4.79 Å². The van der Waals surface area contributed by atoms with Crippen LogP contribution in [0.15, 0.2) is 17.8 Å².